The van der Waals surface area contributed by atoms with E-state index < -0.39 is 17.5 Å². The van der Waals surface area contributed by atoms with Gasteiger partial charge in [0.2, 0.25) is 17.7 Å². The maximum atomic E-state index is 13.6. The highest BCUT2D eigenvalue weighted by Crippen LogP contribution is 2.31. The lowest BCUT2D eigenvalue weighted by Gasteiger charge is -2.36. The van der Waals surface area contributed by atoms with Gasteiger partial charge < -0.3 is 26.2 Å². The molecular formula is C25H39N5O3. The van der Waals surface area contributed by atoms with E-state index in [1.807, 2.05) is 32.9 Å². The molecule has 33 heavy (non-hydrogen) atoms. The van der Waals surface area contributed by atoms with E-state index in [0.29, 0.717) is 13.0 Å². The molecule has 2 aliphatic rings. The molecule has 1 aliphatic carbocycles. The Hall–Kier alpha value is -2.45. The average Bonchev–Trinajstić information content (AvgIpc) is 3.12. The highest BCUT2D eigenvalue weighted by Gasteiger charge is 2.44. The molecule has 3 rings (SSSR count). The average molecular weight is 458 g/mol. The first-order chi connectivity index (χ1) is 15.5. The van der Waals surface area contributed by atoms with E-state index >= 15 is 0 Å². The largest absolute Gasteiger partial charge is 0.347 e. The Bertz CT molecular complexity index is 879. The number of carbonyl (C=O) groups excluding carboxylic acids is 3. The van der Waals surface area contributed by atoms with Gasteiger partial charge in [-0.25, -0.2) is 0 Å². The van der Waals surface area contributed by atoms with Gasteiger partial charge in [-0.1, -0.05) is 45.0 Å². The Morgan fingerprint density at radius 3 is 2.58 bits per heavy atom. The number of nitrogens with zero attached hydrogens (tertiary/aromatic N) is 2. The summed E-state index contributed by atoms with van der Waals surface area (Å²) in [6, 6.07) is 6.47. The molecule has 0 spiro atoms. The molecule has 8 heteroatoms. The number of likely N-dealkylation sites (N-methyl/N-ethyl adjacent to an activating group) is 1. The molecule has 1 saturated heterocycles. The van der Waals surface area contributed by atoms with Crippen molar-refractivity contribution in [3.8, 4) is 0 Å². The minimum absolute atomic E-state index is 0.0607. The SMILES string of the molecule is CN(C)CC(=O)N[C@H](C(=O)N1CC(N)C[C@H]1C(=O)NC1CCCc2ccccc21)C(C)(C)C. The molecule has 0 saturated carbocycles. The molecule has 1 fully saturated rings. The summed E-state index contributed by atoms with van der Waals surface area (Å²) in [5.74, 6) is -0.659. The van der Waals surface area contributed by atoms with Crippen LogP contribution in [0.5, 0.6) is 0 Å². The van der Waals surface area contributed by atoms with Gasteiger partial charge in [-0.15, -0.1) is 0 Å². The van der Waals surface area contributed by atoms with Crippen molar-refractivity contribution in [1.29, 1.82) is 0 Å². The van der Waals surface area contributed by atoms with E-state index in [9.17, 15) is 14.4 Å². The lowest BCUT2D eigenvalue weighted by Crippen LogP contribution is -2.58. The van der Waals surface area contributed by atoms with E-state index in [0.717, 1.165) is 24.8 Å². The molecule has 3 amide bonds. The molecule has 182 valence electrons. The number of hydrogen-bond acceptors (Lipinski definition) is 5. The fourth-order valence-electron chi connectivity index (χ4n) is 4.84. The number of likely N-dealkylation sites (tertiary alicyclic amines) is 1. The molecule has 0 radical (unpaired) electrons. The standard InChI is InChI=1S/C25H39N5O3/c1-25(2,3)22(28-21(31)15-29(4)5)24(33)30-14-17(26)13-20(30)23(32)27-19-12-8-10-16-9-6-7-11-18(16)19/h6-7,9,11,17,19-20,22H,8,10,12-15,26H2,1-5H3,(H,27,32)(H,28,31)/t17?,19?,20-,22+/m0/s1. The van der Waals surface area contributed by atoms with Gasteiger partial charge in [-0.05, 0) is 56.3 Å². The normalized spacial score (nSPS) is 23.7. The summed E-state index contributed by atoms with van der Waals surface area (Å²) < 4.78 is 0. The van der Waals surface area contributed by atoms with Gasteiger partial charge in [-0.3, -0.25) is 14.4 Å². The van der Waals surface area contributed by atoms with E-state index in [2.05, 4.69) is 22.8 Å². The molecule has 1 aromatic carbocycles. The smallest absolute Gasteiger partial charge is 0.246 e. The maximum absolute atomic E-state index is 13.6. The molecule has 0 bridgehead atoms. The fraction of sp³-hybridized carbons (Fsp3) is 0.640. The number of fused-ring (bicyclic) bond motifs is 1. The second-order valence-electron chi connectivity index (χ2n) is 10.8. The van der Waals surface area contributed by atoms with Crippen LogP contribution in [0.25, 0.3) is 0 Å². The van der Waals surface area contributed by atoms with E-state index in [1.165, 1.54) is 5.56 Å². The van der Waals surface area contributed by atoms with Crippen molar-refractivity contribution in [3.05, 3.63) is 35.4 Å². The predicted molar refractivity (Wildman–Crippen MR) is 128 cm³/mol. The lowest BCUT2D eigenvalue weighted by atomic mass is 9.85. The van der Waals surface area contributed by atoms with Crippen LogP contribution in [0.4, 0.5) is 0 Å². The third-order valence-corrected chi connectivity index (χ3v) is 6.48. The fourth-order valence-corrected chi connectivity index (χ4v) is 4.84. The Balaban J connectivity index is 1.76. The molecular weight excluding hydrogens is 418 g/mol. The van der Waals surface area contributed by atoms with E-state index in [1.54, 1.807) is 23.9 Å². The minimum atomic E-state index is -0.749. The van der Waals surface area contributed by atoms with E-state index in [4.69, 9.17) is 5.73 Å². The zero-order valence-corrected chi connectivity index (χ0v) is 20.6. The molecule has 4 atom stereocenters. The zero-order valence-electron chi connectivity index (χ0n) is 20.6. The summed E-state index contributed by atoms with van der Waals surface area (Å²) in [5, 5.41) is 6.07. The summed E-state index contributed by atoms with van der Waals surface area (Å²) in [4.78, 5) is 42.8. The quantitative estimate of drug-likeness (QED) is 0.595. The third-order valence-electron chi connectivity index (χ3n) is 6.48. The van der Waals surface area contributed by atoms with Gasteiger partial charge in [0.15, 0.2) is 0 Å². The number of rotatable bonds is 6. The first-order valence-electron chi connectivity index (χ1n) is 11.9. The molecule has 2 unspecified atom stereocenters. The Kier molecular flexibility index (Phi) is 7.80. The van der Waals surface area contributed by atoms with Crippen LogP contribution < -0.4 is 16.4 Å². The molecule has 8 nitrogen and oxygen atoms in total. The highest BCUT2D eigenvalue weighted by molar-refractivity contribution is 5.93. The highest BCUT2D eigenvalue weighted by atomic mass is 16.2. The van der Waals surface area contributed by atoms with Crippen LogP contribution >= 0.6 is 0 Å². The molecule has 1 aliphatic heterocycles. The van der Waals surface area contributed by atoms with Gasteiger partial charge >= 0.3 is 0 Å². The van der Waals surface area contributed by atoms with Crippen molar-refractivity contribution in [2.75, 3.05) is 27.2 Å². The van der Waals surface area contributed by atoms with Crippen molar-refractivity contribution in [3.63, 3.8) is 0 Å². The number of carbonyl (C=O) groups is 3. The predicted octanol–water partition coefficient (Wildman–Crippen LogP) is 1.20. The van der Waals surface area contributed by atoms with Crippen LogP contribution in [-0.2, 0) is 20.8 Å². The molecule has 1 aromatic rings. The summed E-state index contributed by atoms with van der Waals surface area (Å²) in [6.07, 6.45) is 3.31. The van der Waals surface area contributed by atoms with E-state index in [-0.39, 0.29) is 36.3 Å². The number of benzene rings is 1. The second kappa shape index (κ2) is 10.2. The van der Waals surface area contributed by atoms with Crippen LogP contribution in [0.3, 0.4) is 0 Å². The number of amides is 3. The van der Waals surface area contributed by atoms with Crippen molar-refractivity contribution >= 4 is 17.7 Å². The topological polar surface area (TPSA) is 108 Å². The third kappa shape index (κ3) is 6.12. The molecule has 0 aromatic heterocycles. The van der Waals surface area contributed by atoms with Crippen LogP contribution in [0.15, 0.2) is 24.3 Å². The lowest BCUT2D eigenvalue weighted by molar-refractivity contribution is -0.144. The monoisotopic (exact) mass is 457 g/mol. The Morgan fingerprint density at radius 1 is 1.21 bits per heavy atom. The summed E-state index contributed by atoms with van der Waals surface area (Å²) >= 11 is 0. The van der Waals surface area contributed by atoms with Crippen LogP contribution in [0, 0.1) is 5.41 Å². The number of nitrogens with one attached hydrogen (secondary N) is 2. The Labute approximate surface area is 197 Å². The summed E-state index contributed by atoms with van der Waals surface area (Å²) in [6.45, 7) is 6.22. The molecule has 1 heterocycles. The first-order valence-corrected chi connectivity index (χ1v) is 11.9. The summed E-state index contributed by atoms with van der Waals surface area (Å²) in [7, 11) is 3.60. The van der Waals surface area contributed by atoms with Gasteiger partial charge in [0.05, 0.1) is 12.6 Å². The van der Waals surface area contributed by atoms with Gasteiger partial charge in [0.25, 0.3) is 0 Å². The van der Waals surface area contributed by atoms with Crippen molar-refractivity contribution in [1.82, 2.24) is 20.4 Å². The number of aryl methyl sites for hydroxylation is 1. The zero-order chi connectivity index (χ0) is 24.3. The molecule has 4 N–H and O–H groups in total. The van der Waals surface area contributed by atoms with Crippen LogP contribution in [0.1, 0.15) is 57.2 Å². The Morgan fingerprint density at radius 2 is 1.91 bits per heavy atom. The summed E-state index contributed by atoms with van der Waals surface area (Å²) in [5.41, 5.74) is 8.11. The maximum Gasteiger partial charge on any atom is 0.246 e. The van der Waals surface area contributed by atoms with Crippen LogP contribution in [-0.4, -0.2) is 72.8 Å². The van der Waals surface area contributed by atoms with Crippen molar-refractivity contribution < 1.29 is 14.4 Å². The van der Waals surface area contributed by atoms with Crippen molar-refractivity contribution in [2.24, 2.45) is 11.1 Å². The number of hydrogen-bond donors (Lipinski definition) is 3. The minimum Gasteiger partial charge on any atom is -0.347 e. The van der Waals surface area contributed by atoms with Gasteiger partial charge in [0, 0.05) is 12.6 Å². The van der Waals surface area contributed by atoms with Crippen molar-refractivity contribution in [2.45, 2.75) is 70.6 Å². The van der Waals surface area contributed by atoms with Gasteiger partial charge in [-0.2, -0.15) is 0 Å². The van der Waals surface area contributed by atoms with Crippen LogP contribution in [0.2, 0.25) is 0 Å². The number of nitrogens with two attached hydrogens (primary N) is 1. The second-order valence-corrected chi connectivity index (χ2v) is 10.8. The van der Waals surface area contributed by atoms with Gasteiger partial charge in [0.1, 0.15) is 12.1 Å². The first kappa shape index (κ1) is 25.2.